The second kappa shape index (κ2) is 9.06. The third kappa shape index (κ3) is 6.96. The van der Waals surface area contributed by atoms with Gasteiger partial charge in [-0.05, 0) is 18.3 Å². The van der Waals surface area contributed by atoms with E-state index in [0.29, 0.717) is 31.3 Å². The van der Waals surface area contributed by atoms with Gasteiger partial charge in [-0.25, -0.2) is 0 Å². The van der Waals surface area contributed by atoms with Crippen LogP contribution in [0.2, 0.25) is 0 Å². The summed E-state index contributed by atoms with van der Waals surface area (Å²) in [5, 5.41) is 9.04. The Morgan fingerprint density at radius 2 is 1.71 bits per heavy atom. The molecule has 0 radical (unpaired) electrons. The molecule has 1 saturated carbocycles. The largest absolute Gasteiger partial charge is 0.481 e. The Hall–Kier alpha value is -1.06. The zero-order valence-electron chi connectivity index (χ0n) is 13.8. The van der Waals surface area contributed by atoms with E-state index < -0.39 is 11.9 Å². The van der Waals surface area contributed by atoms with Crippen molar-refractivity contribution in [1.82, 2.24) is 4.90 Å². The molecule has 1 atom stereocenters. The van der Waals surface area contributed by atoms with Crippen LogP contribution in [0.4, 0.5) is 0 Å². The third-order valence-corrected chi connectivity index (χ3v) is 4.35. The van der Waals surface area contributed by atoms with Crippen molar-refractivity contribution in [3.8, 4) is 0 Å². The highest BCUT2D eigenvalue weighted by atomic mass is 16.4. The second-order valence-electron chi connectivity index (χ2n) is 6.97. The summed E-state index contributed by atoms with van der Waals surface area (Å²) in [6, 6.07) is 0. The van der Waals surface area contributed by atoms with Crippen LogP contribution in [0.1, 0.15) is 65.7 Å². The highest BCUT2D eigenvalue weighted by molar-refractivity contribution is 5.77. The summed E-state index contributed by atoms with van der Waals surface area (Å²) in [5.74, 6) is -0.140. The normalized spacial score (nSPS) is 17.7. The minimum Gasteiger partial charge on any atom is -0.481 e. The maximum absolute atomic E-state index is 12.4. The maximum atomic E-state index is 12.4. The number of aliphatic carboxylic acids is 1. The predicted molar refractivity (Wildman–Crippen MR) is 84.0 cm³/mol. The molecule has 1 N–H and O–H groups in total. The lowest BCUT2D eigenvalue weighted by atomic mass is 9.86. The topological polar surface area (TPSA) is 57.6 Å². The zero-order chi connectivity index (χ0) is 15.8. The Balaban J connectivity index is 2.47. The van der Waals surface area contributed by atoms with Crippen molar-refractivity contribution < 1.29 is 14.7 Å². The summed E-state index contributed by atoms with van der Waals surface area (Å²) in [5.41, 5.74) is 0. The molecule has 4 nitrogen and oxygen atoms in total. The molecule has 1 unspecified atom stereocenters. The first kappa shape index (κ1) is 18.0. The number of carboxylic acid groups (broad SMARTS) is 1. The lowest BCUT2D eigenvalue weighted by Gasteiger charge is -2.28. The monoisotopic (exact) mass is 297 g/mol. The van der Waals surface area contributed by atoms with Crippen LogP contribution in [-0.2, 0) is 9.59 Å². The van der Waals surface area contributed by atoms with Crippen LogP contribution in [0.25, 0.3) is 0 Å². The van der Waals surface area contributed by atoms with Crippen LogP contribution in [0.15, 0.2) is 0 Å². The highest BCUT2D eigenvalue weighted by Crippen LogP contribution is 2.27. The summed E-state index contributed by atoms with van der Waals surface area (Å²) < 4.78 is 0. The van der Waals surface area contributed by atoms with E-state index in [1.807, 2.05) is 0 Å². The van der Waals surface area contributed by atoms with E-state index in [1.54, 1.807) is 11.8 Å². The van der Waals surface area contributed by atoms with E-state index in [-0.39, 0.29) is 5.91 Å². The van der Waals surface area contributed by atoms with Crippen LogP contribution in [0.3, 0.4) is 0 Å². The first-order valence-electron chi connectivity index (χ1n) is 8.40. The zero-order valence-corrected chi connectivity index (χ0v) is 13.8. The van der Waals surface area contributed by atoms with Gasteiger partial charge in [0.25, 0.3) is 0 Å². The molecule has 4 heteroatoms. The molecular weight excluding hydrogens is 266 g/mol. The molecule has 1 amide bonds. The third-order valence-electron chi connectivity index (χ3n) is 4.35. The molecule has 0 aromatic heterocycles. The van der Waals surface area contributed by atoms with Crippen molar-refractivity contribution in [2.24, 2.45) is 17.8 Å². The number of carboxylic acids is 1. The van der Waals surface area contributed by atoms with Gasteiger partial charge in [0.2, 0.25) is 5.91 Å². The number of carbonyl (C=O) groups is 2. The molecule has 0 aromatic carbocycles. The molecule has 122 valence electrons. The number of rotatable bonds is 8. The van der Waals surface area contributed by atoms with Gasteiger partial charge < -0.3 is 10.0 Å². The second-order valence-corrected chi connectivity index (χ2v) is 6.97. The summed E-state index contributed by atoms with van der Waals surface area (Å²) in [7, 11) is 0. The average Bonchev–Trinajstić information content (AvgIpc) is 2.44. The molecule has 21 heavy (non-hydrogen) atoms. The van der Waals surface area contributed by atoms with E-state index in [2.05, 4.69) is 13.8 Å². The molecule has 1 aliphatic rings. The van der Waals surface area contributed by atoms with Crippen LogP contribution in [0, 0.1) is 17.8 Å². The molecule has 0 spiro atoms. The summed E-state index contributed by atoms with van der Waals surface area (Å²) in [6.45, 7) is 6.78. The van der Waals surface area contributed by atoms with Gasteiger partial charge in [-0.1, -0.05) is 52.9 Å². The van der Waals surface area contributed by atoms with E-state index in [1.165, 1.54) is 32.1 Å². The van der Waals surface area contributed by atoms with E-state index in [0.717, 1.165) is 6.42 Å². The Morgan fingerprint density at radius 1 is 1.10 bits per heavy atom. The van der Waals surface area contributed by atoms with Crippen LogP contribution in [-0.4, -0.2) is 35.0 Å². The van der Waals surface area contributed by atoms with E-state index in [4.69, 9.17) is 5.11 Å². The molecule has 0 heterocycles. The first-order valence-corrected chi connectivity index (χ1v) is 8.40. The van der Waals surface area contributed by atoms with Gasteiger partial charge in [-0.15, -0.1) is 0 Å². The Kier molecular flexibility index (Phi) is 7.76. The van der Waals surface area contributed by atoms with Crippen molar-refractivity contribution in [2.75, 3.05) is 13.1 Å². The number of nitrogens with zero attached hydrogens (tertiary/aromatic N) is 1. The number of hydrogen-bond donors (Lipinski definition) is 1. The van der Waals surface area contributed by atoms with Gasteiger partial charge >= 0.3 is 5.97 Å². The summed E-state index contributed by atoms with van der Waals surface area (Å²) >= 11 is 0. The minimum absolute atomic E-state index is 0.127. The molecule has 0 saturated heterocycles. The maximum Gasteiger partial charge on any atom is 0.308 e. The molecule has 0 aromatic rings. The number of hydrogen-bond acceptors (Lipinski definition) is 2. The molecule has 0 aliphatic heterocycles. The fourth-order valence-electron chi connectivity index (χ4n) is 3.09. The smallest absolute Gasteiger partial charge is 0.308 e. The Bertz CT molecular complexity index is 335. The standard InChI is InChI=1S/C17H31NO3/c1-13(2)11-18(12-14(3)17(20)21)16(19)10-9-15-7-5-4-6-8-15/h13-15H,4-12H2,1-3H3,(H,20,21). The van der Waals surface area contributed by atoms with E-state index in [9.17, 15) is 9.59 Å². The van der Waals surface area contributed by atoms with Gasteiger partial charge in [0.15, 0.2) is 0 Å². The molecule has 1 fully saturated rings. The summed E-state index contributed by atoms with van der Waals surface area (Å²) in [6.07, 6.45) is 7.97. The van der Waals surface area contributed by atoms with Crippen LogP contribution >= 0.6 is 0 Å². The lowest BCUT2D eigenvalue weighted by molar-refractivity contribution is -0.143. The average molecular weight is 297 g/mol. The van der Waals surface area contributed by atoms with Crippen molar-refractivity contribution in [3.63, 3.8) is 0 Å². The highest BCUT2D eigenvalue weighted by Gasteiger charge is 2.22. The van der Waals surface area contributed by atoms with E-state index >= 15 is 0 Å². The quantitative estimate of drug-likeness (QED) is 0.745. The molecular formula is C17H31NO3. The lowest BCUT2D eigenvalue weighted by Crippen LogP contribution is -2.39. The van der Waals surface area contributed by atoms with Crippen LogP contribution < -0.4 is 0 Å². The predicted octanol–water partition coefficient (Wildman–Crippen LogP) is 3.55. The molecule has 1 aliphatic carbocycles. The van der Waals surface area contributed by atoms with Gasteiger partial charge in [-0.3, -0.25) is 9.59 Å². The first-order chi connectivity index (χ1) is 9.90. The van der Waals surface area contributed by atoms with Gasteiger partial charge in [0.05, 0.1) is 5.92 Å². The fourth-order valence-corrected chi connectivity index (χ4v) is 3.09. The summed E-state index contributed by atoms with van der Waals surface area (Å²) in [4.78, 5) is 25.2. The SMILES string of the molecule is CC(C)CN(CC(C)C(=O)O)C(=O)CCC1CCCCC1. The minimum atomic E-state index is -0.830. The Labute approximate surface area is 128 Å². The van der Waals surface area contributed by atoms with Gasteiger partial charge in [-0.2, -0.15) is 0 Å². The van der Waals surface area contributed by atoms with Crippen molar-refractivity contribution >= 4 is 11.9 Å². The Morgan fingerprint density at radius 3 is 2.24 bits per heavy atom. The number of carbonyl (C=O) groups excluding carboxylic acids is 1. The van der Waals surface area contributed by atoms with Crippen molar-refractivity contribution in [1.29, 1.82) is 0 Å². The molecule has 0 bridgehead atoms. The van der Waals surface area contributed by atoms with Gasteiger partial charge in [0.1, 0.15) is 0 Å². The van der Waals surface area contributed by atoms with Gasteiger partial charge in [0, 0.05) is 19.5 Å². The fraction of sp³-hybridized carbons (Fsp3) is 0.882. The number of amides is 1. The van der Waals surface area contributed by atoms with Crippen molar-refractivity contribution in [3.05, 3.63) is 0 Å². The molecule has 1 rings (SSSR count). The van der Waals surface area contributed by atoms with Crippen LogP contribution in [0.5, 0.6) is 0 Å². The van der Waals surface area contributed by atoms with Crippen molar-refractivity contribution in [2.45, 2.75) is 65.7 Å².